The van der Waals surface area contributed by atoms with Gasteiger partial charge in [-0.25, -0.2) is 0 Å². The molecule has 0 bridgehead atoms. The second-order valence-electron chi connectivity index (χ2n) is 6.61. The van der Waals surface area contributed by atoms with Gasteiger partial charge < -0.3 is 4.90 Å². The second-order valence-corrected chi connectivity index (χ2v) is 6.61. The first-order valence-corrected chi connectivity index (χ1v) is 7.93. The van der Waals surface area contributed by atoms with Crippen molar-refractivity contribution < 1.29 is 0 Å². The van der Waals surface area contributed by atoms with Gasteiger partial charge in [0.2, 0.25) is 0 Å². The molecule has 0 aromatic carbocycles. The van der Waals surface area contributed by atoms with Gasteiger partial charge in [0.05, 0.1) is 0 Å². The van der Waals surface area contributed by atoms with Crippen LogP contribution in [0.4, 0.5) is 5.82 Å². The summed E-state index contributed by atoms with van der Waals surface area (Å²) in [6.45, 7) is 4.84. The van der Waals surface area contributed by atoms with E-state index in [-0.39, 0.29) is 0 Å². The van der Waals surface area contributed by atoms with Crippen molar-refractivity contribution >= 4 is 11.5 Å². The molecule has 5 heterocycles. The van der Waals surface area contributed by atoms with Crippen LogP contribution in [0.15, 0.2) is 12.1 Å². The number of hydrogen-bond acceptors (Lipinski definition) is 6. The minimum Gasteiger partial charge on any atom is -0.354 e. The van der Waals surface area contributed by atoms with E-state index in [0.717, 1.165) is 36.8 Å². The van der Waals surface area contributed by atoms with Crippen LogP contribution in [0, 0.1) is 11.8 Å². The molecule has 0 saturated carbocycles. The number of piperidine rings is 1. The molecule has 0 aliphatic carbocycles. The molecule has 0 unspecified atom stereocenters. The van der Waals surface area contributed by atoms with Crippen LogP contribution in [-0.2, 0) is 0 Å². The van der Waals surface area contributed by atoms with E-state index in [9.17, 15) is 0 Å². The van der Waals surface area contributed by atoms with Crippen molar-refractivity contribution in [3.05, 3.63) is 12.1 Å². The Morgan fingerprint density at radius 3 is 3.10 bits per heavy atom. The van der Waals surface area contributed by atoms with E-state index in [1.807, 2.05) is 12.1 Å². The minimum atomic E-state index is 0.705. The Morgan fingerprint density at radius 1 is 1.10 bits per heavy atom. The van der Waals surface area contributed by atoms with Gasteiger partial charge in [-0.2, -0.15) is 0 Å². The number of nitrogens with zero attached hydrogens (tertiary/aromatic N) is 7. The molecular formula is C14H19N7. The molecule has 5 rings (SSSR count). The van der Waals surface area contributed by atoms with Gasteiger partial charge >= 0.3 is 0 Å². The molecule has 0 N–H and O–H groups in total. The lowest BCUT2D eigenvalue weighted by molar-refractivity contribution is 0.173. The molecule has 0 spiro atoms. The highest BCUT2D eigenvalue weighted by molar-refractivity contribution is 5.45. The number of tetrazole rings is 1. The van der Waals surface area contributed by atoms with Gasteiger partial charge in [0.1, 0.15) is 0 Å². The first-order valence-electron chi connectivity index (χ1n) is 7.93. The highest BCUT2D eigenvalue weighted by Gasteiger charge is 2.47. The van der Waals surface area contributed by atoms with Crippen LogP contribution in [-0.4, -0.2) is 62.4 Å². The van der Waals surface area contributed by atoms with Crippen molar-refractivity contribution in [2.45, 2.75) is 25.3 Å². The Hall–Kier alpha value is -1.76. The Labute approximate surface area is 122 Å². The highest BCUT2D eigenvalue weighted by Crippen LogP contribution is 2.41. The van der Waals surface area contributed by atoms with E-state index in [0.29, 0.717) is 5.65 Å². The average Bonchev–Trinajstić information content (AvgIpc) is 3.19. The standard InChI is InChI=1S/C14H19N7/c1-2-6-19-7-10-8-20(9-11(10)12(19)3-1)14-5-4-13-15-17-18-21(13)16-14/h4-5,10-12H,1-3,6-9H2/t10-,11-,12-/m0/s1. The van der Waals surface area contributed by atoms with Gasteiger partial charge in [-0.05, 0) is 53.8 Å². The molecule has 3 fully saturated rings. The van der Waals surface area contributed by atoms with Crippen LogP contribution in [0.25, 0.3) is 5.65 Å². The third-order valence-electron chi connectivity index (χ3n) is 5.50. The van der Waals surface area contributed by atoms with E-state index in [2.05, 4.69) is 30.4 Å². The number of fused-ring (bicyclic) bond motifs is 4. The summed E-state index contributed by atoms with van der Waals surface area (Å²) in [5.41, 5.74) is 0.705. The van der Waals surface area contributed by atoms with Crippen molar-refractivity contribution in [3.63, 3.8) is 0 Å². The molecule has 0 amide bonds. The fourth-order valence-corrected chi connectivity index (χ4v) is 4.55. The predicted octanol–water partition coefficient (Wildman–Crippen LogP) is 0.440. The Balaban J connectivity index is 1.40. The summed E-state index contributed by atoms with van der Waals surface area (Å²) in [6.07, 6.45) is 4.17. The summed E-state index contributed by atoms with van der Waals surface area (Å²) in [7, 11) is 0. The third kappa shape index (κ3) is 1.76. The fraction of sp³-hybridized carbons (Fsp3) is 0.714. The average molecular weight is 285 g/mol. The number of rotatable bonds is 1. The number of hydrogen-bond donors (Lipinski definition) is 0. The molecule has 2 aromatic rings. The van der Waals surface area contributed by atoms with Crippen molar-refractivity contribution in [1.82, 2.24) is 30.2 Å². The van der Waals surface area contributed by atoms with Gasteiger partial charge in [-0.1, -0.05) is 6.42 Å². The molecule has 7 heteroatoms. The van der Waals surface area contributed by atoms with Crippen LogP contribution >= 0.6 is 0 Å². The smallest absolute Gasteiger partial charge is 0.200 e. The first-order chi connectivity index (χ1) is 10.4. The number of anilines is 1. The van der Waals surface area contributed by atoms with Crippen molar-refractivity contribution in [2.24, 2.45) is 11.8 Å². The van der Waals surface area contributed by atoms with Gasteiger partial charge in [0, 0.05) is 25.7 Å². The maximum absolute atomic E-state index is 4.54. The molecule has 3 aliphatic heterocycles. The van der Waals surface area contributed by atoms with Gasteiger partial charge in [-0.3, -0.25) is 4.90 Å². The monoisotopic (exact) mass is 285 g/mol. The summed E-state index contributed by atoms with van der Waals surface area (Å²) in [4.78, 5) is 5.15. The Kier molecular flexibility index (Phi) is 2.46. The van der Waals surface area contributed by atoms with Crippen molar-refractivity contribution in [1.29, 1.82) is 0 Å². The lowest BCUT2D eigenvalue weighted by Gasteiger charge is -2.33. The topological polar surface area (TPSA) is 62.5 Å². The predicted molar refractivity (Wildman–Crippen MR) is 77.0 cm³/mol. The van der Waals surface area contributed by atoms with Gasteiger partial charge in [0.15, 0.2) is 11.5 Å². The fourth-order valence-electron chi connectivity index (χ4n) is 4.55. The molecule has 110 valence electrons. The molecule has 21 heavy (non-hydrogen) atoms. The summed E-state index contributed by atoms with van der Waals surface area (Å²) in [6, 6.07) is 4.81. The molecular weight excluding hydrogens is 266 g/mol. The van der Waals surface area contributed by atoms with E-state index in [1.165, 1.54) is 37.0 Å². The minimum absolute atomic E-state index is 0.705. The van der Waals surface area contributed by atoms with Gasteiger partial charge in [-0.15, -0.1) is 14.8 Å². The van der Waals surface area contributed by atoms with E-state index in [1.54, 1.807) is 0 Å². The Bertz CT molecular complexity index is 668. The van der Waals surface area contributed by atoms with Crippen LogP contribution in [0.3, 0.4) is 0 Å². The van der Waals surface area contributed by atoms with Crippen LogP contribution < -0.4 is 4.90 Å². The number of aromatic nitrogens is 5. The zero-order chi connectivity index (χ0) is 13.8. The molecule has 2 aromatic heterocycles. The summed E-state index contributed by atoms with van der Waals surface area (Å²) in [5.74, 6) is 2.63. The Morgan fingerprint density at radius 2 is 2.10 bits per heavy atom. The van der Waals surface area contributed by atoms with E-state index >= 15 is 0 Å². The summed E-state index contributed by atoms with van der Waals surface area (Å²) < 4.78 is 1.52. The van der Waals surface area contributed by atoms with Crippen LogP contribution in [0.1, 0.15) is 19.3 Å². The van der Waals surface area contributed by atoms with E-state index < -0.39 is 0 Å². The van der Waals surface area contributed by atoms with Crippen LogP contribution in [0.5, 0.6) is 0 Å². The SMILES string of the molecule is c1cc2nnnn2nc1N1C[C@@H]2CN3CCCC[C@H]3[C@H]2C1. The molecule has 3 aliphatic rings. The second kappa shape index (κ2) is 4.37. The summed E-state index contributed by atoms with van der Waals surface area (Å²) >= 11 is 0. The zero-order valence-electron chi connectivity index (χ0n) is 12.0. The zero-order valence-corrected chi connectivity index (χ0v) is 12.0. The molecule has 0 radical (unpaired) electrons. The van der Waals surface area contributed by atoms with Crippen molar-refractivity contribution in [3.8, 4) is 0 Å². The molecule has 3 saturated heterocycles. The van der Waals surface area contributed by atoms with Gasteiger partial charge in [0.25, 0.3) is 0 Å². The molecule has 3 atom stereocenters. The highest BCUT2D eigenvalue weighted by atomic mass is 15.6. The largest absolute Gasteiger partial charge is 0.354 e. The quantitative estimate of drug-likeness (QED) is 0.757. The lowest BCUT2D eigenvalue weighted by Crippen LogP contribution is -2.40. The third-order valence-corrected chi connectivity index (χ3v) is 5.50. The summed E-state index contributed by atoms with van der Waals surface area (Å²) in [5, 5.41) is 16.0. The van der Waals surface area contributed by atoms with Crippen molar-refractivity contribution in [2.75, 3.05) is 31.1 Å². The van der Waals surface area contributed by atoms with Crippen LogP contribution in [0.2, 0.25) is 0 Å². The lowest BCUT2D eigenvalue weighted by atomic mass is 9.90. The maximum atomic E-state index is 4.54. The van der Waals surface area contributed by atoms with E-state index in [4.69, 9.17) is 0 Å². The normalized spacial score (nSPS) is 32.6. The molecule has 7 nitrogen and oxygen atoms in total. The first kappa shape index (κ1) is 11.9. The maximum Gasteiger partial charge on any atom is 0.200 e.